The average Bonchev–Trinajstić information content (AvgIpc) is 3.05. The minimum atomic E-state index is -1.01. The highest BCUT2D eigenvalue weighted by Crippen LogP contribution is 2.68. The number of carbonyl (C=O) groups is 3. The third-order valence-corrected chi connectivity index (χ3v) is 9.71. The Morgan fingerprint density at radius 1 is 1.09 bits per heavy atom. The van der Waals surface area contributed by atoms with Crippen LogP contribution in [0.15, 0.2) is 11.6 Å². The van der Waals surface area contributed by atoms with Crippen LogP contribution < -0.4 is 0 Å². The Kier molecular flexibility index (Phi) is 6.65. The highest BCUT2D eigenvalue weighted by Gasteiger charge is 2.67. The summed E-state index contributed by atoms with van der Waals surface area (Å²) in [5, 5.41) is 0. The molecule has 184 valence electrons. The van der Waals surface area contributed by atoms with E-state index in [9.17, 15) is 14.4 Å². The molecule has 0 saturated heterocycles. The van der Waals surface area contributed by atoms with E-state index in [0.717, 1.165) is 38.5 Å². The van der Waals surface area contributed by atoms with Crippen molar-refractivity contribution in [2.24, 2.45) is 28.6 Å². The van der Waals surface area contributed by atoms with Crippen LogP contribution in [0.3, 0.4) is 0 Å². The van der Waals surface area contributed by atoms with Gasteiger partial charge in [-0.15, -0.1) is 0 Å². The van der Waals surface area contributed by atoms with Crippen LogP contribution in [0.25, 0.3) is 0 Å². The lowest BCUT2D eigenvalue weighted by Crippen LogP contribution is -2.60. The van der Waals surface area contributed by atoms with Gasteiger partial charge in [-0.1, -0.05) is 19.4 Å². The van der Waals surface area contributed by atoms with Gasteiger partial charge in [0.2, 0.25) is 5.78 Å². The first-order chi connectivity index (χ1) is 15.6. The summed E-state index contributed by atoms with van der Waals surface area (Å²) in [7, 11) is 0. The molecule has 6 nitrogen and oxygen atoms in total. The highest BCUT2D eigenvalue weighted by molar-refractivity contribution is 5.92. The van der Waals surface area contributed by atoms with E-state index in [-0.39, 0.29) is 29.0 Å². The molecule has 6 heteroatoms. The number of Topliss-reactive ketones (excluding diaryl/α,β-unsaturated/α-hetero) is 1. The Labute approximate surface area is 197 Å². The van der Waals surface area contributed by atoms with Gasteiger partial charge in [0.05, 0.1) is 0 Å². The maximum Gasteiger partial charge on any atom is 0.303 e. The summed E-state index contributed by atoms with van der Waals surface area (Å²) in [5.74, 6) is 1.09. The molecule has 0 aromatic carbocycles. The molecule has 0 aliphatic heterocycles. The van der Waals surface area contributed by atoms with Crippen molar-refractivity contribution in [3.8, 4) is 0 Å². The molecule has 3 saturated carbocycles. The van der Waals surface area contributed by atoms with E-state index in [2.05, 4.69) is 13.8 Å². The summed E-state index contributed by atoms with van der Waals surface area (Å²) in [4.78, 5) is 37.2. The van der Waals surface area contributed by atoms with Gasteiger partial charge < -0.3 is 14.2 Å². The molecule has 1 unspecified atom stereocenters. The fraction of sp³-hybridized carbons (Fsp3) is 0.815. The van der Waals surface area contributed by atoms with E-state index in [1.54, 1.807) is 0 Å². The van der Waals surface area contributed by atoms with Crippen molar-refractivity contribution >= 4 is 17.5 Å². The van der Waals surface area contributed by atoms with Gasteiger partial charge in [-0.3, -0.25) is 14.4 Å². The van der Waals surface area contributed by atoms with Gasteiger partial charge in [0.1, 0.15) is 5.60 Å². The smallest absolute Gasteiger partial charge is 0.303 e. The zero-order valence-electron chi connectivity index (χ0n) is 20.9. The Morgan fingerprint density at radius 2 is 1.82 bits per heavy atom. The van der Waals surface area contributed by atoms with E-state index in [0.29, 0.717) is 37.2 Å². The van der Waals surface area contributed by atoms with Crippen LogP contribution >= 0.6 is 0 Å². The van der Waals surface area contributed by atoms with Crippen LogP contribution in [0.1, 0.15) is 86.0 Å². The molecule has 4 aliphatic carbocycles. The van der Waals surface area contributed by atoms with Gasteiger partial charge in [0.15, 0.2) is 18.7 Å². The molecule has 0 amide bonds. The molecule has 0 bridgehead atoms. The molecule has 4 rings (SSSR count). The molecule has 0 spiro atoms. The first-order valence-electron chi connectivity index (χ1n) is 12.8. The number of ether oxygens (including phenoxy) is 3. The Hall–Kier alpha value is -1.53. The Morgan fingerprint density at radius 3 is 2.52 bits per heavy atom. The summed E-state index contributed by atoms with van der Waals surface area (Å²) in [6, 6.07) is 0. The second kappa shape index (κ2) is 8.92. The molecular formula is C27H40O6. The summed E-state index contributed by atoms with van der Waals surface area (Å²) in [6.45, 7) is 9.95. The summed E-state index contributed by atoms with van der Waals surface area (Å²) in [5.41, 5.74) is 0.0929. The highest BCUT2D eigenvalue weighted by atomic mass is 16.7. The standard InChI is InChI=1S/C27H40O6/c1-6-31-18(3)33-27(24(30)16-32-17(2)28)14-11-23-21-8-7-19-15-20(29)9-12-25(19,4)22(21)10-13-26(23,27)5/h15,18,21-23H,6-14,16H2,1-5H3/t18?,21-,22+,23+,25+,26+,27+/m1/s1. The van der Waals surface area contributed by atoms with Crippen molar-refractivity contribution in [3.05, 3.63) is 11.6 Å². The largest absolute Gasteiger partial charge is 0.458 e. The van der Waals surface area contributed by atoms with Crippen molar-refractivity contribution in [1.29, 1.82) is 0 Å². The second-order valence-corrected chi connectivity index (χ2v) is 11.1. The van der Waals surface area contributed by atoms with Gasteiger partial charge in [0, 0.05) is 25.4 Å². The molecule has 7 atom stereocenters. The summed E-state index contributed by atoms with van der Waals surface area (Å²) in [6.07, 6.45) is 8.52. The number of allylic oxidation sites excluding steroid dienone is 1. The molecule has 0 heterocycles. The zero-order chi connectivity index (χ0) is 24.0. The third kappa shape index (κ3) is 3.91. The van der Waals surface area contributed by atoms with Gasteiger partial charge in [0.25, 0.3) is 0 Å². The molecule has 0 aromatic heterocycles. The number of carbonyl (C=O) groups excluding carboxylic acids is 3. The molecule has 0 radical (unpaired) electrons. The third-order valence-electron chi connectivity index (χ3n) is 9.71. The van der Waals surface area contributed by atoms with E-state index in [1.807, 2.05) is 19.9 Å². The number of hydrogen-bond acceptors (Lipinski definition) is 6. The summed E-state index contributed by atoms with van der Waals surface area (Å²) >= 11 is 0. The Balaban J connectivity index is 1.66. The maximum atomic E-state index is 13.7. The number of esters is 1. The molecule has 3 fully saturated rings. The minimum Gasteiger partial charge on any atom is -0.458 e. The van der Waals surface area contributed by atoms with Crippen LogP contribution in [-0.2, 0) is 28.6 Å². The molecule has 33 heavy (non-hydrogen) atoms. The van der Waals surface area contributed by atoms with Crippen molar-refractivity contribution in [2.45, 2.75) is 97.9 Å². The van der Waals surface area contributed by atoms with Crippen molar-refractivity contribution < 1.29 is 28.6 Å². The first-order valence-corrected chi connectivity index (χ1v) is 12.8. The number of hydrogen-bond donors (Lipinski definition) is 0. The van der Waals surface area contributed by atoms with Gasteiger partial charge in [-0.25, -0.2) is 0 Å². The normalized spacial score (nSPS) is 40.8. The van der Waals surface area contributed by atoms with Crippen molar-refractivity contribution in [1.82, 2.24) is 0 Å². The number of ketones is 2. The van der Waals surface area contributed by atoms with Crippen molar-refractivity contribution in [2.75, 3.05) is 13.2 Å². The van der Waals surface area contributed by atoms with Crippen LogP contribution in [-0.4, -0.2) is 42.6 Å². The lowest BCUT2D eigenvalue weighted by molar-refractivity contribution is -0.240. The Bertz CT molecular complexity index is 848. The maximum absolute atomic E-state index is 13.7. The van der Waals surface area contributed by atoms with Gasteiger partial charge >= 0.3 is 5.97 Å². The van der Waals surface area contributed by atoms with Gasteiger partial charge in [-0.05, 0) is 88.0 Å². The van der Waals surface area contributed by atoms with E-state index >= 15 is 0 Å². The fourth-order valence-electron chi connectivity index (χ4n) is 8.11. The van der Waals surface area contributed by atoms with E-state index in [4.69, 9.17) is 14.2 Å². The lowest BCUT2D eigenvalue weighted by Gasteiger charge is -2.59. The topological polar surface area (TPSA) is 78.9 Å². The van der Waals surface area contributed by atoms with E-state index in [1.165, 1.54) is 12.5 Å². The van der Waals surface area contributed by atoms with Crippen LogP contribution in [0.2, 0.25) is 0 Å². The van der Waals surface area contributed by atoms with Gasteiger partial charge in [-0.2, -0.15) is 0 Å². The molecule has 0 aromatic rings. The molecular weight excluding hydrogens is 420 g/mol. The SMILES string of the molecule is CCOC(C)O[C@]1(C(=O)COC(C)=O)CC[C@H]2[C@@H]3CCC4=CC(=O)CC[C@]4(C)[C@H]3CC[C@@]21C. The average molecular weight is 461 g/mol. The van der Waals surface area contributed by atoms with E-state index < -0.39 is 17.9 Å². The second-order valence-electron chi connectivity index (χ2n) is 11.1. The monoisotopic (exact) mass is 460 g/mol. The minimum absolute atomic E-state index is 0.0879. The predicted octanol–water partition coefficient (Wildman–Crippen LogP) is 4.79. The first kappa shape index (κ1) is 24.6. The van der Waals surface area contributed by atoms with Crippen LogP contribution in [0.5, 0.6) is 0 Å². The quantitative estimate of drug-likeness (QED) is 0.402. The summed E-state index contributed by atoms with van der Waals surface area (Å²) < 4.78 is 17.4. The fourth-order valence-corrected chi connectivity index (χ4v) is 8.11. The zero-order valence-corrected chi connectivity index (χ0v) is 20.9. The number of rotatable bonds is 7. The molecule has 4 aliphatic rings. The van der Waals surface area contributed by atoms with Crippen molar-refractivity contribution in [3.63, 3.8) is 0 Å². The van der Waals surface area contributed by atoms with Crippen LogP contribution in [0.4, 0.5) is 0 Å². The van der Waals surface area contributed by atoms with Crippen LogP contribution in [0, 0.1) is 28.6 Å². The predicted molar refractivity (Wildman–Crippen MR) is 123 cm³/mol. The lowest BCUT2D eigenvalue weighted by atomic mass is 9.46. The molecule has 0 N–H and O–H groups in total. The number of fused-ring (bicyclic) bond motifs is 5.